The fraction of sp³-hybridized carbons (Fsp3) is 0.258. The summed E-state index contributed by atoms with van der Waals surface area (Å²) in [4.78, 5) is 35.4. The Labute approximate surface area is 251 Å². The van der Waals surface area contributed by atoms with Crippen LogP contribution in [0.1, 0.15) is 27.5 Å². The van der Waals surface area contributed by atoms with E-state index in [1.165, 1.54) is 22.4 Å². The molecule has 0 aliphatic carbocycles. The number of rotatable bonds is 9. The van der Waals surface area contributed by atoms with E-state index in [0.29, 0.717) is 16.3 Å². The number of fused-ring (bicyclic) bond motifs is 1. The van der Waals surface area contributed by atoms with Crippen LogP contribution in [0, 0.1) is 5.82 Å². The summed E-state index contributed by atoms with van der Waals surface area (Å²) in [6, 6.07) is 13.6. The van der Waals surface area contributed by atoms with E-state index in [4.69, 9.17) is 4.74 Å². The van der Waals surface area contributed by atoms with Gasteiger partial charge in [-0.15, -0.1) is 11.3 Å². The Morgan fingerprint density at radius 2 is 1.93 bits per heavy atom. The molecule has 10 nitrogen and oxygen atoms in total. The molecule has 2 aliphatic rings. The lowest BCUT2D eigenvalue weighted by Crippen LogP contribution is -2.43. The van der Waals surface area contributed by atoms with E-state index in [1.54, 1.807) is 11.4 Å². The Bertz CT molecular complexity index is 1630. The molecule has 1 saturated heterocycles. The minimum Gasteiger partial charge on any atom is -0.508 e. The summed E-state index contributed by atoms with van der Waals surface area (Å²) in [7, 11) is 0. The molecule has 12 heteroatoms. The van der Waals surface area contributed by atoms with Crippen LogP contribution in [0.5, 0.6) is 11.5 Å². The highest BCUT2D eigenvalue weighted by molar-refractivity contribution is 7.13. The number of carbonyl (C=O) groups is 2. The normalized spacial score (nSPS) is 15.3. The van der Waals surface area contributed by atoms with Crippen LogP contribution in [-0.2, 0) is 11.3 Å². The summed E-state index contributed by atoms with van der Waals surface area (Å²) in [5, 5.41) is 28.2. The number of phenolic OH excluding ortho intramolecular Hbond substituents is 1. The van der Waals surface area contributed by atoms with Crippen LogP contribution in [-0.4, -0.2) is 71.3 Å². The summed E-state index contributed by atoms with van der Waals surface area (Å²) in [5.41, 5.74) is 3.36. The predicted octanol–water partition coefficient (Wildman–Crippen LogP) is 3.77. The molecular formula is C31H30FN5O5S. The third-order valence-corrected chi connectivity index (χ3v) is 8.25. The topological polar surface area (TPSA) is 127 Å². The number of carbonyl (C=O) groups excluding carboxylic acids is 2. The first-order valence-corrected chi connectivity index (χ1v) is 14.8. The number of ether oxygens (including phenoxy) is 1. The largest absolute Gasteiger partial charge is 0.508 e. The van der Waals surface area contributed by atoms with Crippen molar-refractivity contribution in [2.24, 2.45) is 0 Å². The standard InChI is InChI=1S/C31H30FN5O5S/c32-21-4-8-25(39)24(17-21)27(29(40)35-31-34-11-16-43-31)37-18-20-3-7-23(28(42-15-14-38)26(20)30(37)41)19-1-5-22(6-2-19)36-12-9-33-10-13-36/h1-8,11,16-17,27,33,38-39H,9-10,12-15,18H2,(H,34,35,40). The molecule has 1 atom stereocenters. The number of aliphatic hydroxyl groups excluding tert-OH is 1. The van der Waals surface area contributed by atoms with Crippen molar-refractivity contribution in [2.75, 3.05) is 49.6 Å². The highest BCUT2D eigenvalue weighted by atomic mass is 32.1. The van der Waals surface area contributed by atoms with Gasteiger partial charge in [0.15, 0.2) is 5.13 Å². The monoisotopic (exact) mass is 603 g/mol. The van der Waals surface area contributed by atoms with Gasteiger partial charge in [-0.1, -0.05) is 24.3 Å². The fourth-order valence-corrected chi connectivity index (χ4v) is 6.08. The van der Waals surface area contributed by atoms with Gasteiger partial charge in [-0.25, -0.2) is 9.37 Å². The summed E-state index contributed by atoms with van der Waals surface area (Å²) in [6.45, 7) is 3.35. The van der Waals surface area contributed by atoms with Gasteiger partial charge in [0.2, 0.25) is 0 Å². The van der Waals surface area contributed by atoms with Crippen molar-refractivity contribution < 1.29 is 28.9 Å². The number of aromatic hydroxyl groups is 1. The number of phenols is 1. The van der Waals surface area contributed by atoms with E-state index in [0.717, 1.165) is 55.6 Å². The van der Waals surface area contributed by atoms with Crippen LogP contribution in [0.3, 0.4) is 0 Å². The number of benzene rings is 3. The van der Waals surface area contributed by atoms with E-state index in [1.807, 2.05) is 30.3 Å². The maximum absolute atomic E-state index is 14.4. The van der Waals surface area contributed by atoms with E-state index >= 15 is 0 Å². The second kappa shape index (κ2) is 12.4. The summed E-state index contributed by atoms with van der Waals surface area (Å²) >= 11 is 1.19. The Hall–Kier alpha value is -4.52. The molecule has 4 aromatic rings. The zero-order valence-corrected chi connectivity index (χ0v) is 23.9. The van der Waals surface area contributed by atoms with E-state index in [-0.39, 0.29) is 42.4 Å². The maximum Gasteiger partial charge on any atom is 0.259 e. The quantitative estimate of drug-likeness (QED) is 0.228. The third-order valence-electron chi connectivity index (χ3n) is 7.56. The van der Waals surface area contributed by atoms with Gasteiger partial charge in [0.25, 0.3) is 11.8 Å². The first kappa shape index (κ1) is 28.6. The molecule has 2 amide bonds. The van der Waals surface area contributed by atoms with Crippen molar-refractivity contribution in [2.45, 2.75) is 12.6 Å². The molecule has 43 heavy (non-hydrogen) atoms. The van der Waals surface area contributed by atoms with Crippen LogP contribution in [0.25, 0.3) is 11.1 Å². The van der Waals surface area contributed by atoms with Crippen molar-refractivity contribution in [3.63, 3.8) is 0 Å². The lowest BCUT2D eigenvalue weighted by Gasteiger charge is -2.29. The number of thiazole rings is 1. The van der Waals surface area contributed by atoms with E-state index < -0.39 is 23.7 Å². The molecule has 0 spiro atoms. The number of amides is 2. The van der Waals surface area contributed by atoms with Crippen LogP contribution >= 0.6 is 11.3 Å². The highest BCUT2D eigenvalue weighted by Crippen LogP contribution is 2.43. The van der Waals surface area contributed by atoms with Crippen LogP contribution < -0.4 is 20.3 Å². The number of aromatic nitrogens is 1. The summed E-state index contributed by atoms with van der Waals surface area (Å²) < 4.78 is 20.4. The molecule has 3 aromatic carbocycles. The van der Waals surface area contributed by atoms with Gasteiger partial charge in [0, 0.05) is 61.1 Å². The molecular weight excluding hydrogens is 573 g/mol. The highest BCUT2D eigenvalue weighted by Gasteiger charge is 2.41. The Balaban J connectivity index is 1.38. The second-order valence-corrected chi connectivity index (χ2v) is 11.1. The molecule has 4 N–H and O–H groups in total. The Kier molecular flexibility index (Phi) is 8.23. The second-order valence-electron chi connectivity index (χ2n) is 10.2. The van der Waals surface area contributed by atoms with Gasteiger partial charge in [-0.3, -0.25) is 14.9 Å². The number of piperazine rings is 1. The Morgan fingerprint density at radius 3 is 2.65 bits per heavy atom. The van der Waals surface area contributed by atoms with Crippen molar-refractivity contribution in [3.8, 4) is 22.6 Å². The molecule has 1 aromatic heterocycles. The number of hydrogen-bond acceptors (Lipinski definition) is 9. The number of aliphatic hydroxyl groups is 1. The van der Waals surface area contributed by atoms with Crippen LogP contribution in [0.4, 0.5) is 15.2 Å². The molecule has 0 radical (unpaired) electrons. The van der Waals surface area contributed by atoms with Gasteiger partial charge in [0.05, 0.1) is 12.2 Å². The minimum atomic E-state index is -1.37. The molecule has 1 unspecified atom stereocenters. The molecule has 1 fully saturated rings. The zero-order chi connectivity index (χ0) is 29.9. The van der Waals surface area contributed by atoms with Crippen molar-refractivity contribution >= 4 is 34.0 Å². The van der Waals surface area contributed by atoms with Crippen molar-refractivity contribution in [1.29, 1.82) is 0 Å². The van der Waals surface area contributed by atoms with Gasteiger partial charge >= 0.3 is 0 Å². The first-order valence-electron chi connectivity index (χ1n) is 13.9. The van der Waals surface area contributed by atoms with Crippen molar-refractivity contribution in [1.82, 2.24) is 15.2 Å². The average molecular weight is 604 g/mol. The number of nitrogens with one attached hydrogen (secondary N) is 2. The zero-order valence-electron chi connectivity index (χ0n) is 23.1. The SMILES string of the molecule is O=C(Nc1nccs1)C(c1cc(F)ccc1O)N1Cc2ccc(-c3ccc(N4CCNCC4)cc3)c(OCCO)c2C1=O. The van der Waals surface area contributed by atoms with Gasteiger partial charge in [-0.2, -0.15) is 0 Å². The average Bonchev–Trinajstić information content (AvgIpc) is 3.66. The number of hydrogen-bond donors (Lipinski definition) is 4. The number of halogens is 1. The molecule has 0 saturated carbocycles. The lowest BCUT2D eigenvalue weighted by atomic mass is 9.98. The summed E-state index contributed by atoms with van der Waals surface area (Å²) in [5.74, 6) is -1.88. The first-order chi connectivity index (χ1) is 20.9. The van der Waals surface area contributed by atoms with Gasteiger partial charge < -0.3 is 30.1 Å². The van der Waals surface area contributed by atoms with E-state index in [2.05, 4.69) is 20.5 Å². The van der Waals surface area contributed by atoms with E-state index in [9.17, 15) is 24.2 Å². The molecule has 2 aliphatic heterocycles. The number of anilines is 2. The molecule has 3 heterocycles. The van der Waals surface area contributed by atoms with Gasteiger partial charge in [-0.05, 0) is 41.5 Å². The number of nitrogens with zero attached hydrogens (tertiary/aromatic N) is 3. The molecule has 222 valence electrons. The van der Waals surface area contributed by atoms with Crippen LogP contribution in [0.2, 0.25) is 0 Å². The van der Waals surface area contributed by atoms with Gasteiger partial charge in [0.1, 0.15) is 30.0 Å². The smallest absolute Gasteiger partial charge is 0.259 e. The third kappa shape index (κ3) is 5.76. The lowest BCUT2D eigenvalue weighted by molar-refractivity contribution is -0.120. The molecule has 6 rings (SSSR count). The summed E-state index contributed by atoms with van der Waals surface area (Å²) in [6.07, 6.45) is 1.52. The minimum absolute atomic E-state index is 0.0117. The van der Waals surface area contributed by atoms with Crippen LogP contribution in [0.15, 0.2) is 66.2 Å². The Morgan fingerprint density at radius 1 is 1.14 bits per heavy atom. The maximum atomic E-state index is 14.4. The van der Waals surface area contributed by atoms with Crippen molar-refractivity contribution in [3.05, 3.63) is 88.7 Å². The fourth-order valence-electron chi connectivity index (χ4n) is 5.55. The predicted molar refractivity (Wildman–Crippen MR) is 161 cm³/mol. The molecule has 0 bridgehead atoms.